The normalized spacial score (nSPS) is 11.4. The number of benzene rings is 2. The molecule has 0 bridgehead atoms. The van der Waals surface area contributed by atoms with Gasteiger partial charge in [0.2, 0.25) is 5.91 Å². The number of para-hydroxylation sites is 2. The van der Waals surface area contributed by atoms with Crippen molar-refractivity contribution in [3.63, 3.8) is 0 Å². The van der Waals surface area contributed by atoms with Crippen molar-refractivity contribution >= 4 is 40.9 Å². The van der Waals surface area contributed by atoms with Crippen molar-refractivity contribution in [3.8, 4) is 0 Å². The second-order valence-electron chi connectivity index (χ2n) is 4.88. The summed E-state index contributed by atoms with van der Waals surface area (Å²) in [5, 5.41) is 4.63. The first-order valence-corrected chi connectivity index (χ1v) is 7.35. The fourth-order valence-corrected chi connectivity index (χ4v) is 2.05. The van der Waals surface area contributed by atoms with Crippen LogP contribution in [0.3, 0.4) is 0 Å². The Hall–Kier alpha value is -2.80. The maximum absolute atomic E-state index is 12.3. The van der Waals surface area contributed by atoms with E-state index in [0.717, 1.165) is 0 Å². The molecule has 0 spiro atoms. The lowest BCUT2D eigenvalue weighted by atomic mass is 10.2. The molecule has 2 rings (SSSR count). The van der Waals surface area contributed by atoms with Gasteiger partial charge in [0.1, 0.15) is 0 Å². The second-order valence-corrected chi connectivity index (χ2v) is 5.31. The summed E-state index contributed by atoms with van der Waals surface area (Å²) in [4.78, 5) is 23.0. The topological polar surface area (TPSA) is 58.2 Å². The van der Waals surface area contributed by atoms with E-state index in [1.165, 1.54) is 36.4 Å². The quantitative estimate of drug-likeness (QED) is 0.781. The molecule has 0 saturated heterocycles. The van der Waals surface area contributed by atoms with Crippen molar-refractivity contribution in [3.05, 3.63) is 65.2 Å². The number of hydrogen-bond donors (Lipinski definition) is 2. The maximum atomic E-state index is 12.3. The third-order valence-corrected chi connectivity index (χ3v) is 3.20. The number of rotatable bonds is 4. The number of alkyl halides is 3. The van der Waals surface area contributed by atoms with E-state index in [2.05, 4.69) is 5.32 Å². The van der Waals surface area contributed by atoms with E-state index in [0.29, 0.717) is 10.6 Å². The number of hydrogen-bond acceptors (Lipinski definition) is 2. The Kier molecular flexibility index (Phi) is 5.82. The Balaban J connectivity index is 2.09. The summed E-state index contributed by atoms with van der Waals surface area (Å²) in [5.74, 6) is -2.70. The molecule has 130 valence electrons. The van der Waals surface area contributed by atoms with Gasteiger partial charge in [0.05, 0.1) is 11.4 Å². The van der Waals surface area contributed by atoms with Crippen LogP contribution in [0.5, 0.6) is 0 Å². The molecule has 2 N–H and O–H groups in total. The van der Waals surface area contributed by atoms with Gasteiger partial charge >= 0.3 is 12.1 Å². The van der Waals surface area contributed by atoms with Crippen LogP contribution in [-0.2, 0) is 9.59 Å². The first-order valence-electron chi connectivity index (χ1n) is 6.97. The minimum atomic E-state index is -5.02. The third-order valence-electron chi connectivity index (χ3n) is 2.97. The van der Waals surface area contributed by atoms with Gasteiger partial charge in [-0.25, -0.2) is 0 Å². The zero-order chi connectivity index (χ0) is 18.4. The third kappa shape index (κ3) is 5.65. The van der Waals surface area contributed by atoms with E-state index in [4.69, 9.17) is 11.6 Å². The van der Waals surface area contributed by atoms with E-state index in [1.54, 1.807) is 29.6 Å². The Morgan fingerprint density at radius 1 is 0.960 bits per heavy atom. The van der Waals surface area contributed by atoms with Crippen LogP contribution >= 0.6 is 11.6 Å². The molecule has 0 heterocycles. The van der Waals surface area contributed by atoms with Crippen molar-refractivity contribution in [2.24, 2.45) is 0 Å². The minimum absolute atomic E-state index is 0.0424. The second kappa shape index (κ2) is 7.85. The fourth-order valence-electron chi connectivity index (χ4n) is 1.85. The maximum Gasteiger partial charge on any atom is 0.471 e. The summed E-state index contributed by atoms with van der Waals surface area (Å²) in [6, 6.07) is 12.3. The van der Waals surface area contributed by atoms with Gasteiger partial charge in [-0.1, -0.05) is 35.9 Å². The molecule has 0 aromatic heterocycles. The van der Waals surface area contributed by atoms with Crippen molar-refractivity contribution in [2.45, 2.75) is 6.18 Å². The highest BCUT2D eigenvalue weighted by atomic mass is 35.5. The van der Waals surface area contributed by atoms with Gasteiger partial charge in [-0.15, -0.1) is 0 Å². The lowest BCUT2D eigenvalue weighted by molar-refractivity contribution is -0.167. The van der Waals surface area contributed by atoms with Crippen LogP contribution < -0.4 is 10.6 Å². The largest absolute Gasteiger partial charge is 0.471 e. The smallest absolute Gasteiger partial charge is 0.321 e. The van der Waals surface area contributed by atoms with Crippen LogP contribution in [0.1, 0.15) is 5.56 Å². The summed E-state index contributed by atoms with van der Waals surface area (Å²) < 4.78 is 37.0. The van der Waals surface area contributed by atoms with Gasteiger partial charge in [0, 0.05) is 11.1 Å². The molecular formula is C17H12ClF3N2O2. The first-order chi connectivity index (χ1) is 11.8. The summed E-state index contributed by atoms with van der Waals surface area (Å²) in [5.41, 5.74) is 0.566. The zero-order valence-electron chi connectivity index (χ0n) is 12.6. The number of halogens is 4. The van der Waals surface area contributed by atoms with E-state index in [-0.39, 0.29) is 11.4 Å². The average Bonchev–Trinajstić information content (AvgIpc) is 2.54. The van der Waals surface area contributed by atoms with Gasteiger partial charge in [0.25, 0.3) is 0 Å². The highest BCUT2D eigenvalue weighted by Gasteiger charge is 2.38. The molecule has 0 saturated carbocycles. The van der Waals surface area contributed by atoms with E-state index in [1.807, 2.05) is 0 Å². The zero-order valence-corrected chi connectivity index (χ0v) is 13.4. The van der Waals surface area contributed by atoms with Gasteiger partial charge in [-0.05, 0) is 35.9 Å². The predicted molar refractivity (Wildman–Crippen MR) is 90.2 cm³/mol. The van der Waals surface area contributed by atoms with Gasteiger partial charge < -0.3 is 10.6 Å². The molecule has 0 unspecified atom stereocenters. The average molecular weight is 369 g/mol. The van der Waals surface area contributed by atoms with Crippen molar-refractivity contribution in [1.29, 1.82) is 0 Å². The molecular weight excluding hydrogens is 357 g/mol. The van der Waals surface area contributed by atoms with Crippen LogP contribution in [-0.4, -0.2) is 18.0 Å². The summed E-state index contributed by atoms with van der Waals surface area (Å²) in [7, 11) is 0. The number of carbonyl (C=O) groups is 2. The molecule has 0 aliphatic rings. The molecule has 8 heteroatoms. The van der Waals surface area contributed by atoms with Crippen LogP contribution in [0.15, 0.2) is 54.6 Å². The molecule has 0 fully saturated rings. The highest BCUT2D eigenvalue weighted by molar-refractivity contribution is 6.30. The Morgan fingerprint density at radius 3 is 2.20 bits per heavy atom. The fraction of sp³-hybridized carbons (Fsp3) is 0.0588. The molecule has 2 aromatic rings. The van der Waals surface area contributed by atoms with Crippen molar-refractivity contribution in [1.82, 2.24) is 0 Å². The minimum Gasteiger partial charge on any atom is -0.321 e. The molecule has 4 nitrogen and oxygen atoms in total. The standard InChI is InChI=1S/C17H12ClF3N2O2/c18-12-5-3-4-11(10-12)8-9-15(24)22-13-6-1-2-7-14(13)23-16(25)17(19,20)21/h1-10H,(H,22,24)(H,23,25)/b9-8+. The number of carbonyl (C=O) groups excluding carboxylic acids is 2. The van der Waals surface area contributed by atoms with Crippen LogP contribution in [0.2, 0.25) is 5.02 Å². The number of nitrogens with one attached hydrogen (secondary N) is 2. The Labute approximate surface area is 146 Å². The number of amides is 2. The number of anilines is 2. The summed E-state index contributed by atoms with van der Waals surface area (Å²) >= 11 is 5.83. The molecule has 2 amide bonds. The Bertz CT molecular complexity index is 820. The molecule has 0 aliphatic heterocycles. The van der Waals surface area contributed by atoms with Crippen LogP contribution in [0.4, 0.5) is 24.5 Å². The van der Waals surface area contributed by atoms with Gasteiger partial charge in [0.15, 0.2) is 0 Å². The molecule has 0 aliphatic carbocycles. The molecule has 0 radical (unpaired) electrons. The van der Waals surface area contributed by atoms with Gasteiger partial charge in [-0.3, -0.25) is 9.59 Å². The van der Waals surface area contributed by atoms with Crippen molar-refractivity contribution < 1.29 is 22.8 Å². The first kappa shape index (κ1) is 18.5. The summed E-state index contributed by atoms with van der Waals surface area (Å²) in [6.45, 7) is 0. The van der Waals surface area contributed by atoms with Crippen LogP contribution in [0.25, 0.3) is 6.08 Å². The van der Waals surface area contributed by atoms with Crippen LogP contribution in [0, 0.1) is 0 Å². The predicted octanol–water partition coefficient (Wildman–Crippen LogP) is 4.49. The van der Waals surface area contributed by atoms with E-state index >= 15 is 0 Å². The molecule has 25 heavy (non-hydrogen) atoms. The van der Waals surface area contributed by atoms with E-state index in [9.17, 15) is 22.8 Å². The molecule has 2 aromatic carbocycles. The monoisotopic (exact) mass is 368 g/mol. The SMILES string of the molecule is O=C(/C=C/c1cccc(Cl)c1)Nc1ccccc1NC(=O)C(F)(F)F. The molecule has 0 atom stereocenters. The lowest BCUT2D eigenvalue weighted by Gasteiger charge is -2.12. The van der Waals surface area contributed by atoms with Gasteiger partial charge in [-0.2, -0.15) is 13.2 Å². The van der Waals surface area contributed by atoms with Crippen molar-refractivity contribution in [2.75, 3.05) is 10.6 Å². The highest BCUT2D eigenvalue weighted by Crippen LogP contribution is 2.24. The lowest BCUT2D eigenvalue weighted by Crippen LogP contribution is -2.30. The van der Waals surface area contributed by atoms with E-state index < -0.39 is 18.0 Å². The summed E-state index contributed by atoms with van der Waals surface area (Å²) in [6.07, 6.45) is -2.32. The Morgan fingerprint density at radius 2 is 1.60 bits per heavy atom.